The number of halogens is 3. The van der Waals surface area contributed by atoms with Crippen LogP contribution >= 0.6 is 34.8 Å². The summed E-state index contributed by atoms with van der Waals surface area (Å²) in [6.45, 7) is 2.57. The van der Waals surface area contributed by atoms with Gasteiger partial charge >= 0.3 is 0 Å². The molecule has 0 spiro atoms. The molecule has 0 N–H and O–H groups in total. The van der Waals surface area contributed by atoms with E-state index in [0.717, 1.165) is 6.42 Å². The third-order valence-electron chi connectivity index (χ3n) is 2.70. The van der Waals surface area contributed by atoms with Crippen LogP contribution in [0.5, 0.6) is 0 Å². The highest BCUT2D eigenvalue weighted by molar-refractivity contribution is 6.43. The molecule has 0 saturated carbocycles. The summed E-state index contributed by atoms with van der Waals surface area (Å²) >= 11 is 17.8. The van der Waals surface area contributed by atoms with Crippen LogP contribution in [0.25, 0.3) is 0 Å². The van der Waals surface area contributed by atoms with Gasteiger partial charge in [0.1, 0.15) is 10.8 Å². The van der Waals surface area contributed by atoms with Gasteiger partial charge in [0, 0.05) is 19.4 Å². The largest absolute Gasteiger partial charge is 0.273 e. The van der Waals surface area contributed by atoms with Gasteiger partial charge in [-0.1, -0.05) is 41.7 Å². The molecular weight excluding hydrogens is 309 g/mol. The molecule has 0 saturated heterocycles. The molecule has 19 heavy (non-hydrogen) atoms. The second-order valence-electron chi connectivity index (χ2n) is 4.16. The number of hydrazone groups is 1. The van der Waals surface area contributed by atoms with E-state index in [9.17, 15) is 4.79 Å². The third kappa shape index (κ3) is 3.19. The van der Waals surface area contributed by atoms with E-state index in [1.807, 2.05) is 6.92 Å². The number of hydrogen-bond acceptors (Lipinski definition) is 3. The molecule has 0 unspecified atom stereocenters. The minimum atomic E-state index is 0.0155. The molecule has 0 aromatic carbocycles. The van der Waals surface area contributed by atoms with Gasteiger partial charge in [0.05, 0.1) is 15.8 Å². The summed E-state index contributed by atoms with van der Waals surface area (Å²) in [6.07, 6.45) is 1.74. The van der Waals surface area contributed by atoms with Crippen molar-refractivity contribution in [1.29, 1.82) is 0 Å². The van der Waals surface area contributed by atoms with Gasteiger partial charge in [0.2, 0.25) is 5.91 Å². The number of carbonyl (C=O) groups is 1. The van der Waals surface area contributed by atoms with Crippen LogP contribution in [0.3, 0.4) is 0 Å². The van der Waals surface area contributed by atoms with E-state index in [-0.39, 0.29) is 11.1 Å². The van der Waals surface area contributed by atoms with E-state index in [0.29, 0.717) is 40.8 Å². The van der Waals surface area contributed by atoms with Gasteiger partial charge in [-0.3, -0.25) is 4.79 Å². The van der Waals surface area contributed by atoms with Gasteiger partial charge in [-0.2, -0.15) is 5.10 Å². The molecule has 0 radical (unpaired) electrons. The Kier molecular flexibility index (Phi) is 4.66. The molecule has 1 aromatic heterocycles. The molecular formula is C12H12Cl3N3O. The molecule has 0 aliphatic carbocycles. The number of pyridine rings is 1. The van der Waals surface area contributed by atoms with E-state index < -0.39 is 0 Å². The number of amides is 1. The zero-order valence-electron chi connectivity index (χ0n) is 10.3. The van der Waals surface area contributed by atoms with Gasteiger partial charge in [-0.25, -0.2) is 9.99 Å². The molecule has 102 valence electrons. The van der Waals surface area contributed by atoms with Gasteiger partial charge in [0.25, 0.3) is 0 Å². The van der Waals surface area contributed by atoms with Crippen LogP contribution in [-0.2, 0) is 4.79 Å². The van der Waals surface area contributed by atoms with E-state index in [1.54, 1.807) is 0 Å². The Morgan fingerprint density at radius 1 is 1.26 bits per heavy atom. The molecule has 0 fully saturated rings. The van der Waals surface area contributed by atoms with E-state index in [1.165, 1.54) is 11.1 Å². The Hall–Kier alpha value is -0.840. The Morgan fingerprint density at radius 3 is 2.68 bits per heavy atom. The molecule has 0 bridgehead atoms. The minimum absolute atomic E-state index is 0.0155. The summed E-state index contributed by atoms with van der Waals surface area (Å²) in [6, 6.07) is 1.54. The Labute approximate surface area is 126 Å². The first-order valence-electron chi connectivity index (χ1n) is 5.92. The normalized spacial score (nSPS) is 15.7. The van der Waals surface area contributed by atoms with Crippen molar-refractivity contribution in [3.05, 3.63) is 27.0 Å². The maximum atomic E-state index is 11.7. The zero-order valence-corrected chi connectivity index (χ0v) is 12.6. The lowest BCUT2D eigenvalue weighted by Crippen LogP contribution is -2.32. The highest BCUT2D eigenvalue weighted by Crippen LogP contribution is 2.28. The van der Waals surface area contributed by atoms with Crippen LogP contribution in [0.15, 0.2) is 11.2 Å². The number of nitrogens with zero attached hydrogens (tertiary/aromatic N) is 3. The average Bonchev–Trinajstić information content (AvgIpc) is 2.37. The lowest BCUT2D eigenvalue weighted by Gasteiger charge is -2.23. The average molecular weight is 321 g/mol. The van der Waals surface area contributed by atoms with Crippen molar-refractivity contribution >= 4 is 46.4 Å². The highest BCUT2D eigenvalue weighted by Gasteiger charge is 2.23. The standard InChI is InChI=1S/C12H12Cl3N3O/c1-2-5-18-10(19)4-3-9(17-18)11-7(13)6-8(14)12(15)16-11/h6H,2-5H2,1H3. The number of hydrogen-bond donors (Lipinski definition) is 0. The quantitative estimate of drug-likeness (QED) is 0.796. The molecule has 2 rings (SSSR count). The molecule has 1 aliphatic heterocycles. The predicted octanol–water partition coefficient (Wildman–Crippen LogP) is 3.78. The molecule has 1 aliphatic rings. The van der Waals surface area contributed by atoms with Crippen molar-refractivity contribution in [1.82, 2.24) is 9.99 Å². The van der Waals surface area contributed by atoms with Crippen molar-refractivity contribution in [3.63, 3.8) is 0 Å². The van der Waals surface area contributed by atoms with Crippen LogP contribution in [0.2, 0.25) is 15.2 Å². The van der Waals surface area contributed by atoms with Gasteiger partial charge in [0.15, 0.2) is 0 Å². The zero-order chi connectivity index (χ0) is 14.0. The van der Waals surface area contributed by atoms with Gasteiger partial charge in [-0.05, 0) is 12.5 Å². The van der Waals surface area contributed by atoms with Crippen molar-refractivity contribution in [2.45, 2.75) is 26.2 Å². The maximum absolute atomic E-state index is 11.7. The van der Waals surface area contributed by atoms with E-state index >= 15 is 0 Å². The van der Waals surface area contributed by atoms with Crippen molar-refractivity contribution in [3.8, 4) is 0 Å². The number of rotatable bonds is 3. The Morgan fingerprint density at radius 2 is 2.00 bits per heavy atom. The fourth-order valence-electron chi connectivity index (χ4n) is 1.80. The SMILES string of the molecule is CCCN1N=C(c2nc(Cl)c(Cl)cc2Cl)CCC1=O. The minimum Gasteiger partial charge on any atom is -0.273 e. The van der Waals surface area contributed by atoms with E-state index in [2.05, 4.69) is 10.1 Å². The van der Waals surface area contributed by atoms with Crippen molar-refractivity contribution in [2.24, 2.45) is 5.10 Å². The number of carbonyl (C=O) groups excluding carboxylic acids is 1. The van der Waals surface area contributed by atoms with Crippen molar-refractivity contribution in [2.75, 3.05) is 6.54 Å². The monoisotopic (exact) mass is 319 g/mol. The van der Waals surface area contributed by atoms with Crippen LogP contribution in [0.4, 0.5) is 0 Å². The van der Waals surface area contributed by atoms with Gasteiger partial charge < -0.3 is 0 Å². The van der Waals surface area contributed by atoms with Crippen LogP contribution in [-0.4, -0.2) is 28.2 Å². The summed E-state index contributed by atoms with van der Waals surface area (Å²) in [7, 11) is 0. The first-order chi connectivity index (χ1) is 9.02. The predicted molar refractivity (Wildman–Crippen MR) is 77.0 cm³/mol. The highest BCUT2D eigenvalue weighted by atomic mass is 35.5. The fourth-order valence-corrected chi connectivity index (χ4v) is 2.41. The van der Waals surface area contributed by atoms with Crippen molar-refractivity contribution < 1.29 is 4.79 Å². The molecule has 1 amide bonds. The third-order valence-corrected chi connectivity index (χ3v) is 3.66. The summed E-state index contributed by atoms with van der Waals surface area (Å²) < 4.78 is 0. The molecule has 7 heteroatoms. The van der Waals surface area contributed by atoms with Gasteiger partial charge in [-0.15, -0.1) is 0 Å². The lowest BCUT2D eigenvalue weighted by molar-refractivity contribution is -0.131. The lowest BCUT2D eigenvalue weighted by atomic mass is 10.1. The summed E-state index contributed by atoms with van der Waals surface area (Å²) in [4.78, 5) is 15.8. The van der Waals surface area contributed by atoms with Crippen LogP contribution < -0.4 is 0 Å². The van der Waals surface area contributed by atoms with Crippen LogP contribution in [0.1, 0.15) is 31.9 Å². The Bertz CT molecular complexity index is 545. The Balaban J connectivity index is 2.38. The van der Waals surface area contributed by atoms with Crippen LogP contribution in [0, 0.1) is 0 Å². The molecule has 2 heterocycles. The summed E-state index contributed by atoms with van der Waals surface area (Å²) in [5.74, 6) is 0.0155. The summed E-state index contributed by atoms with van der Waals surface area (Å²) in [5, 5.41) is 6.63. The van der Waals surface area contributed by atoms with E-state index in [4.69, 9.17) is 34.8 Å². The molecule has 0 atom stereocenters. The number of aromatic nitrogens is 1. The maximum Gasteiger partial charge on any atom is 0.243 e. The topological polar surface area (TPSA) is 45.6 Å². The molecule has 1 aromatic rings. The summed E-state index contributed by atoms with van der Waals surface area (Å²) in [5.41, 5.74) is 1.15. The smallest absolute Gasteiger partial charge is 0.243 e. The second kappa shape index (κ2) is 6.07. The fraction of sp³-hybridized carbons (Fsp3) is 0.417. The first kappa shape index (κ1) is 14.6. The molecule has 4 nitrogen and oxygen atoms in total. The second-order valence-corrected chi connectivity index (χ2v) is 5.33. The first-order valence-corrected chi connectivity index (χ1v) is 7.06.